The zero-order chi connectivity index (χ0) is 11.0. The smallest absolute Gasteiger partial charge is 0.0355 e. The largest absolute Gasteiger partial charge is 0.135 e. The zero-order valence-electron chi connectivity index (χ0n) is 9.10. The molecule has 78 valence electrons. The summed E-state index contributed by atoms with van der Waals surface area (Å²) in [6.45, 7) is 2.14. The van der Waals surface area contributed by atoms with E-state index in [1.165, 1.54) is 26.1 Å². The normalized spacial score (nSPS) is 10.8. The van der Waals surface area contributed by atoms with Gasteiger partial charge in [0.2, 0.25) is 0 Å². The predicted molar refractivity (Wildman–Crippen MR) is 72.0 cm³/mol. The van der Waals surface area contributed by atoms with Gasteiger partial charge in [-0.15, -0.1) is 11.3 Å². The lowest BCUT2D eigenvalue weighted by molar-refractivity contribution is 1.52. The summed E-state index contributed by atoms with van der Waals surface area (Å²) >= 11 is 1.86. The highest BCUT2D eigenvalue weighted by molar-refractivity contribution is 7.22. The molecule has 0 saturated carbocycles. The van der Waals surface area contributed by atoms with Crippen molar-refractivity contribution in [3.8, 4) is 10.4 Å². The summed E-state index contributed by atoms with van der Waals surface area (Å²) in [4.78, 5) is 1.35. The van der Waals surface area contributed by atoms with Crippen molar-refractivity contribution in [2.75, 3.05) is 0 Å². The van der Waals surface area contributed by atoms with Crippen molar-refractivity contribution in [1.82, 2.24) is 0 Å². The fourth-order valence-corrected chi connectivity index (χ4v) is 3.05. The summed E-state index contributed by atoms with van der Waals surface area (Å²) < 4.78 is 1.37. The van der Waals surface area contributed by atoms with Gasteiger partial charge in [-0.25, -0.2) is 0 Å². The van der Waals surface area contributed by atoms with Crippen LogP contribution in [0.25, 0.3) is 20.5 Å². The molecule has 0 unspecified atom stereocenters. The summed E-state index contributed by atoms with van der Waals surface area (Å²) in [5.74, 6) is 0. The first-order chi connectivity index (χ1) is 7.83. The van der Waals surface area contributed by atoms with Gasteiger partial charge in [0.25, 0.3) is 0 Å². The Kier molecular flexibility index (Phi) is 2.26. The first kappa shape index (κ1) is 9.61. The van der Waals surface area contributed by atoms with E-state index in [4.69, 9.17) is 0 Å². The Morgan fingerprint density at radius 1 is 0.875 bits per heavy atom. The zero-order valence-corrected chi connectivity index (χ0v) is 9.92. The van der Waals surface area contributed by atoms with Crippen molar-refractivity contribution >= 4 is 21.4 Å². The van der Waals surface area contributed by atoms with Crippen molar-refractivity contribution in [1.29, 1.82) is 0 Å². The summed E-state index contributed by atoms with van der Waals surface area (Å²) in [6, 6.07) is 19.5. The van der Waals surface area contributed by atoms with E-state index in [1.54, 1.807) is 0 Å². The number of benzene rings is 2. The van der Waals surface area contributed by atoms with Crippen LogP contribution in [0.1, 0.15) is 5.56 Å². The molecule has 3 aromatic rings. The lowest BCUT2D eigenvalue weighted by Crippen LogP contribution is -1.68. The van der Waals surface area contributed by atoms with Crippen LogP contribution in [0.3, 0.4) is 0 Å². The molecule has 0 bridgehead atoms. The van der Waals surface area contributed by atoms with E-state index < -0.39 is 0 Å². The van der Waals surface area contributed by atoms with Crippen LogP contribution < -0.4 is 0 Å². The molecule has 3 rings (SSSR count). The third kappa shape index (κ3) is 1.63. The van der Waals surface area contributed by atoms with Crippen molar-refractivity contribution in [2.24, 2.45) is 0 Å². The van der Waals surface area contributed by atoms with Gasteiger partial charge >= 0.3 is 0 Å². The number of hydrogen-bond donors (Lipinski definition) is 0. The highest BCUT2D eigenvalue weighted by Gasteiger charge is 2.03. The van der Waals surface area contributed by atoms with E-state index in [2.05, 4.69) is 61.5 Å². The van der Waals surface area contributed by atoms with Gasteiger partial charge in [0, 0.05) is 9.58 Å². The lowest BCUT2D eigenvalue weighted by atomic mass is 10.1. The molecule has 0 radical (unpaired) electrons. The van der Waals surface area contributed by atoms with Crippen molar-refractivity contribution in [2.45, 2.75) is 6.92 Å². The molecule has 0 N–H and O–H groups in total. The average Bonchev–Trinajstić information content (AvgIpc) is 2.73. The van der Waals surface area contributed by atoms with Crippen LogP contribution in [-0.4, -0.2) is 0 Å². The van der Waals surface area contributed by atoms with Gasteiger partial charge in [-0.05, 0) is 35.6 Å². The maximum atomic E-state index is 2.27. The third-order valence-electron chi connectivity index (χ3n) is 2.73. The number of thiophene rings is 1. The van der Waals surface area contributed by atoms with Crippen LogP contribution in [-0.2, 0) is 0 Å². The highest BCUT2D eigenvalue weighted by Crippen LogP contribution is 2.33. The van der Waals surface area contributed by atoms with E-state index in [9.17, 15) is 0 Å². The minimum Gasteiger partial charge on any atom is -0.135 e. The maximum Gasteiger partial charge on any atom is 0.0355 e. The molecular formula is C15H12S. The van der Waals surface area contributed by atoms with Crippen molar-refractivity contribution in [3.63, 3.8) is 0 Å². The molecule has 0 spiro atoms. The topological polar surface area (TPSA) is 0 Å². The van der Waals surface area contributed by atoms with Crippen LogP contribution in [0.15, 0.2) is 54.6 Å². The standard InChI is InChI=1S/C15H12S/c1-11-7-8-13-10-15(16-14(13)9-11)12-5-3-2-4-6-12/h2-10H,1H3. The van der Waals surface area contributed by atoms with Gasteiger partial charge in [-0.2, -0.15) is 0 Å². The Morgan fingerprint density at radius 2 is 1.69 bits per heavy atom. The first-order valence-electron chi connectivity index (χ1n) is 5.38. The summed E-state index contributed by atoms with van der Waals surface area (Å²) in [7, 11) is 0. The van der Waals surface area contributed by atoms with Gasteiger partial charge in [-0.1, -0.05) is 42.5 Å². The van der Waals surface area contributed by atoms with Crippen LogP contribution in [0.4, 0.5) is 0 Å². The summed E-state index contributed by atoms with van der Waals surface area (Å²) in [5.41, 5.74) is 2.63. The second-order valence-electron chi connectivity index (χ2n) is 4.02. The third-order valence-corrected chi connectivity index (χ3v) is 3.88. The van der Waals surface area contributed by atoms with Gasteiger partial charge < -0.3 is 0 Å². The lowest BCUT2D eigenvalue weighted by Gasteiger charge is -1.93. The molecule has 1 aromatic heterocycles. The first-order valence-corrected chi connectivity index (χ1v) is 6.20. The molecule has 0 nitrogen and oxygen atoms in total. The molecular weight excluding hydrogens is 212 g/mol. The Hall–Kier alpha value is -1.60. The molecule has 1 heterocycles. The fraction of sp³-hybridized carbons (Fsp3) is 0.0667. The second kappa shape index (κ2) is 3.76. The Bertz CT molecular complexity index is 620. The quantitative estimate of drug-likeness (QED) is 0.553. The van der Waals surface area contributed by atoms with E-state index in [0.717, 1.165) is 0 Å². The Balaban J connectivity index is 2.19. The molecule has 0 amide bonds. The predicted octanol–water partition coefficient (Wildman–Crippen LogP) is 4.88. The minimum atomic E-state index is 1.31. The number of fused-ring (bicyclic) bond motifs is 1. The van der Waals surface area contributed by atoms with E-state index in [0.29, 0.717) is 0 Å². The summed E-state index contributed by atoms with van der Waals surface area (Å²) in [5, 5.41) is 1.34. The molecule has 2 aromatic carbocycles. The average molecular weight is 224 g/mol. The Morgan fingerprint density at radius 3 is 2.50 bits per heavy atom. The molecule has 0 saturated heterocycles. The molecule has 0 aliphatic heterocycles. The minimum absolute atomic E-state index is 1.31. The molecule has 0 aliphatic rings. The van der Waals surface area contributed by atoms with E-state index >= 15 is 0 Å². The highest BCUT2D eigenvalue weighted by atomic mass is 32.1. The van der Waals surface area contributed by atoms with Crippen LogP contribution in [0, 0.1) is 6.92 Å². The molecule has 16 heavy (non-hydrogen) atoms. The summed E-state index contributed by atoms with van der Waals surface area (Å²) in [6.07, 6.45) is 0. The van der Waals surface area contributed by atoms with E-state index in [-0.39, 0.29) is 0 Å². The van der Waals surface area contributed by atoms with Crippen LogP contribution in [0.2, 0.25) is 0 Å². The molecule has 0 atom stereocenters. The van der Waals surface area contributed by atoms with Gasteiger partial charge in [-0.3, -0.25) is 0 Å². The maximum absolute atomic E-state index is 2.27. The number of hydrogen-bond acceptors (Lipinski definition) is 1. The second-order valence-corrected chi connectivity index (χ2v) is 5.10. The van der Waals surface area contributed by atoms with E-state index in [1.807, 2.05) is 11.3 Å². The van der Waals surface area contributed by atoms with Crippen molar-refractivity contribution in [3.05, 3.63) is 60.2 Å². The van der Waals surface area contributed by atoms with Crippen LogP contribution in [0.5, 0.6) is 0 Å². The van der Waals surface area contributed by atoms with Crippen molar-refractivity contribution < 1.29 is 0 Å². The fourth-order valence-electron chi connectivity index (χ4n) is 1.88. The molecule has 1 heteroatoms. The Labute approximate surface area is 99.2 Å². The SMILES string of the molecule is Cc1ccc2cc(-c3ccccc3)sc2c1. The van der Waals surface area contributed by atoms with Gasteiger partial charge in [0.1, 0.15) is 0 Å². The number of aryl methyl sites for hydroxylation is 1. The molecule has 0 fully saturated rings. The van der Waals surface area contributed by atoms with Crippen LogP contribution >= 0.6 is 11.3 Å². The number of rotatable bonds is 1. The van der Waals surface area contributed by atoms with Gasteiger partial charge in [0.15, 0.2) is 0 Å². The molecule has 0 aliphatic carbocycles. The van der Waals surface area contributed by atoms with Gasteiger partial charge in [0.05, 0.1) is 0 Å². The monoisotopic (exact) mass is 224 g/mol.